The molecule has 0 saturated heterocycles. The maximum Gasteiger partial charge on any atom is 0.318 e. The zero-order valence-electron chi connectivity index (χ0n) is 5.26. The quantitative estimate of drug-likeness (QED) is 0.781. The molecule has 64 valence electrons. The molecule has 0 amide bonds. The molecular formula is C5H5Br3O3. The minimum atomic E-state index is -1.05. The minimum absolute atomic E-state index is 0.151. The van der Waals surface area contributed by atoms with E-state index in [4.69, 9.17) is 5.11 Å². The highest BCUT2D eigenvalue weighted by Gasteiger charge is 2.27. The third-order valence-electron chi connectivity index (χ3n) is 0.932. The van der Waals surface area contributed by atoms with E-state index in [1.165, 1.54) is 0 Å². The van der Waals surface area contributed by atoms with E-state index in [1.54, 1.807) is 0 Å². The Labute approximate surface area is 88.9 Å². The van der Waals surface area contributed by atoms with Crippen molar-refractivity contribution >= 4 is 59.5 Å². The molecule has 0 aliphatic carbocycles. The molecule has 2 atom stereocenters. The summed E-state index contributed by atoms with van der Waals surface area (Å²) in [4.78, 5) is 19.6. The van der Waals surface area contributed by atoms with E-state index in [2.05, 4.69) is 47.8 Å². The molecule has 0 aromatic rings. The molecule has 0 heterocycles. The van der Waals surface area contributed by atoms with E-state index >= 15 is 0 Å². The highest BCUT2D eigenvalue weighted by atomic mass is 79.9. The van der Waals surface area contributed by atoms with Gasteiger partial charge >= 0.3 is 5.97 Å². The lowest BCUT2D eigenvalue weighted by atomic mass is 10.2. The van der Waals surface area contributed by atoms with Crippen molar-refractivity contribution in [3.8, 4) is 0 Å². The summed E-state index contributed by atoms with van der Waals surface area (Å²) >= 11 is 8.76. The van der Waals surface area contributed by atoms with Crippen molar-refractivity contribution in [2.24, 2.45) is 0 Å². The maximum absolute atomic E-state index is 10.9. The molecule has 0 spiro atoms. The molecule has 0 fully saturated rings. The summed E-state index contributed by atoms with van der Waals surface area (Å²) < 4.78 is 0. The van der Waals surface area contributed by atoms with Gasteiger partial charge in [0.25, 0.3) is 0 Å². The van der Waals surface area contributed by atoms with Gasteiger partial charge in [-0.3, -0.25) is 9.59 Å². The lowest BCUT2D eigenvalue weighted by Crippen LogP contribution is -2.31. The third-order valence-corrected chi connectivity index (χ3v) is 4.15. The average molecular weight is 353 g/mol. The number of rotatable bonds is 4. The average Bonchev–Trinajstić information content (AvgIpc) is 2.00. The molecule has 0 saturated carbocycles. The summed E-state index contributed by atoms with van der Waals surface area (Å²) in [6.45, 7) is 0. The number of hydrogen-bond acceptors (Lipinski definition) is 2. The Morgan fingerprint density at radius 3 is 2.00 bits per heavy atom. The second-order valence-electron chi connectivity index (χ2n) is 1.74. The molecular weight excluding hydrogens is 348 g/mol. The summed E-state index contributed by atoms with van der Waals surface area (Å²) in [5, 5.41) is 8.60. The van der Waals surface area contributed by atoms with Gasteiger partial charge in [-0.05, 0) is 0 Å². The molecule has 0 aliphatic heterocycles. The monoisotopic (exact) mass is 350 g/mol. The molecule has 6 heteroatoms. The van der Waals surface area contributed by atoms with Gasteiger partial charge in [0.2, 0.25) is 0 Å². The van der Waals surface area contributed by atoms with Gasteiger partial charge in [-0.2, -0.15) is 0 Å². The maximum atomic E-state index is 10.9. The first-order chi connectivity index (χ1) is 5.00. The Morgan fingerprint density at radius 1 is 1.27 bits per heavy atom. The van der Waals surface area contributed by atoms with Gasteiger partial charge in [-0.25, -0.2) is 0 Å². The summed E-state index contributed by atoms with van der Waals surface area (Å²) in [6.07, 6.45) is 0. The van der Waals surface area contributed by atoms with Crippen molar-refractivity contribution in [2.75, 3.05) is 5.33 Å². The van der Waals surface area contributed by atoms with E-state index in [-0.39, 0.29) is 11.1 Å². The highest BCUT2D eigenvalue weighted by molar-refractivity contribution is 9.12. The van der Waals surface area contributed by atoms with E-state index in [1.807, 2.05) is 0 Å². The number of carbonyl (C=O) groups is 2. The van der Waals surface area contributed by atoms with Crippen LogP contribution in [0.1, 0.15) is 0 Å². The summed E-state index contributed by atoms with van der Waals surface area (Å²) in [6, 6.07) is 0. The first-order valence-corrected chi connectivity index (χ1v) is 5.55. The summed E-state index contributed by atoms with van der Waals surface area (Å²) in [5.41, 5.74) is 0. The number of carboxylic acids is 1. The molecule has 11 heavy (non-hydrogen) atoms. The van der Waals surface area contributed by atoms with Gasteiger partial charge in [-0.15, -0.1) is 0 Å². The Balaban J connectivity index is 4.12. The van der Waals surface area contributed by atoms with Crippen molar-refractivity contribution in [3.63, 3.8) is 0 Å². The predicted molar refractivity (Wildman–Crippen MR) is 51.9 cm³/mol. The van der Waals surface area contributed by atoms with Crippen molar-refractivity contribution in [1.29, 1.82) is 0 Å². The predicted octanol–water partition coefficient (Wildman–Crippen LogP) is 1.56. The summed E-state index contributed by atoms with van der Waals surface area (Å²) in [5.74, 6) is -1.25. The molecule has 1 N–H and O–H groups in total. The van der Waals surface area contributed by atoms with Crippen molar-refractivity contribution < 1.29 is 14.7 Å². The van der Waals surface area contributed by atoms with E-state index in [9.17, 15) is 9.59 Å². The number of ketones is 1. The molecule has 0 rings (SSSR count). The van der Waals surface area contributed by atoms with Gasteiger partial charge in [0, 0.05) is 0 Å². The Hall–Kier alpha value is 0.580. The summed E-state index contributed by atoms with van der Waals surface area (Å²) in [7, 11) is 0. The SMILES string of the molecule is O=C(O)C(Br)C(Br)C(=O)CBr. The van der Waals surface area contributed by atoms with Crippen LogP contribution in [-0.4, -0.2) is 31.8 Å². The number of halogens is 3. The van der Waals surface area contributed by atoms with Gasteiger partial charge < -0.3 is 5.11 Å². The van der Waals surface area contributed by atoms with Gasteiger partial charge in [0.1, 0.15) is 4.83 Å². The van der Waals surface area contributed by atoms with Crippen LogP contribution >= 0.6 is 47.8 Å². The first-order valence-electron chi connectivity index (χ1n) is 2.60. The third kappa shape index (κ3) is 3.66. The normalized spacial score (nSPS) is 15.5. The highest BCUT2D eigenvalue weighted by Crippen LogP contribution is 2.16. The fraction of sp³-hybridized carbons (Fsp3) is 0.600. The smallest absolute Gasteiger partial charge is 0.318 e. The first kappa shape index (κ1) is 11.6. The topological polar surface area (TPSA) is 54.4 Å². The van der Waals surface area contributed by atoms with Crippen LogP contribution in [0.2, 0.25) is 0 Å². The lowest BCUT2D eigenvalue weighted by Gasteiger charge is -2.08. The number of carbonyl (C=O) groups excluding carboxylic acids is 1. The van der Waals surface area contributed by atoms with Crippen LogP contribution in [-0.2, 0) is 9.59 Å². The number of carboxylic acid groups (broad SMARTS) is 1. The van der Waals surface area contributed by atoms with Crippen molar-refractivity contribution in [2.45, 2.75) is 9.65 Å². The number of alkyl halides is 3. The zero-order chi connectivity index (χ0) is 9.02. The number of Topliss-reactive ketones (excluding diaryl/α,β-unsaturated/α-hetero) is 1. The fourth-order valence-corrected chi connectivity index (χ4v) is 1.83. The lowest BCUT2D eigenvalue weighted by molar-refractivity contribution is -0.137. The van der Waals surface area contributed by atoms with Gasteiger partial charge in [-0.1, -0.05) is 47.8 Å². The molecule has 2 unspecified atom stereocenters. The van der Waals surface area contributed by atoms with Crippen molar-refractivity contribution in [3.05, 3.63) is 0 Å². The molecule has 0 radical (unpaired) electrons. The van der Waals surface area contributed by atoms with E-state index < -0.39 is 15.6 Å². The minimum Gasteiger partial charge on any atom is -0.480 e. The van der Waals surface area contributed by atoms with Crippen molar-refractivity contribution in [1.82, 2.24) is 0 Å². The van der Waals surface area contributed by atoms with E-state index in [0.29, 0.717) is 0 Å². The van der Waals surface area contributed by atoms with Gasteiger partial charge in [0.15, 0.2) is 5.78 Å². The number of aliphatic carboxylic acids is 1. The largest absolute Gasteiger partial charge is 0.480 e. The number of hydrogen-bond donors (Lipinski definition) is 1. The van der Waals surface area contributed by atoms with Crippen LogP contribution in [0.5, 0.6) is 0 Å². The molecule has 3 nitrogen and oxygen atoms in total. The van der Waals surface area contributed by atoms with Gasteiger partial charge in [0.05, 0.1) is 10.2 Å². The Bertz CT molecular complexity index is 170. The van der Waals surface area contributed by atoms with Crippen LogP contribution in [0.15, 0.2) is 0 Å². The Morgan fingerprint density at radius 2 is 1.73 bits per heavy atom. The van der Waals surface area contributed by atoms with Crippen LogP contribution < -0.4 is 0 Å². The second kappa shape index (κ2) is 5.27. The standard InChI is InChI=1S/C5H5Br3O3/c6-1-2(9)3(7)4(8)5(10)11/h3-4H,1H2,(H,10,11). The van der Waals surface area contributed by atoms with E-state index in [0.717, 1.165) is 0 Å². The second-order valence-corrected chi connectivity index (χ2v) is 4.28. The van der Waals surface area contributed by atoms with Crippen LogP contribution in [0.25, 0.3) is 0 Å². The fourth-order valence-electron chi connectivity index (χ4n) is 0.362. The zero-order valence-corrected chi connectivity index (χ0v) is 10.0. The molecule has 0 aliphatic rings. The van der Waals surface area contributed by atoms with Crippen LogP contribution in [0, 0.1) is 0 Å². The van der Waals surface area contributed by atoms with Crippen LogP contribution in [0.4, 0.5) is 0 Å². The Kier molecular flexibility index (Phi) is 5.54. The van der Waals surface area contributed by atoms with Crippen LogP contribution in [0.3, 0.4) is 0 Å². The molecule has 0 aromatic heterocycles. The molecule has 0 aromatic carbocycles. The molecule has 0 bridgehead atoms.